The molecule has 2 spiro atoms. The zero-order valence-corrected chi connectivity index (χ0v) is 13.9. The summed E-state index contributed by atoms with van der Waals surface area (Å²) in [6.45, 7) is 4.73. The molecular weight excluding hydrogens is 308 g/mol. The fourth-order valence-electron chi connectivity index (χ4n) is 6.27. The van der Waals surface area contributed by atoms with Crippen molar-refractivity contribution in [1.29, 1.82) is 0 Å². The molecule has 6 aliphatic rings. The Kier molecular flexibility index (Phi) is 1.93. The van der Waals surface area contributed by atoms with Gasteiger partial charge in [-0.3, -0.25) is 9.59 Å². The number of methoxy groups -OCH3 is 2. The lowest BCUT2D eigenvalue weighted by Gasteiger charge is -2.43. The maximum Gasteiger partial charge on any atom is 0.331 e. The van der Waals surface area contributed by atoms with Crippen LogP contribution in [0.25, 0.3) is 0 Å². The molecule has 3 heterocycles. The molecule has 3 saturated heterocycles. The Balaban J connectivity index is 1.68. The van der Waals surface area contributed by atoms with Crippen molar-refractivity contribution in [2.24, 2.45) is 21.7 Å². The summed E-state index contributed by atoms with van der Waals surface area (Å²) < 4.78 is 28.1. The van der Waals surface area contributed by atoms with Crippen LogP contribution < -0.4 is 0 Å². The van der Waals surface area contributed by atoms with Crippen molar-refractivity contribution in [3.63, 3.8) is 0 Å². The number of hydrogen-bond acceptors (Lipinski definition) is 7. The summed E-state index contributed by atoms with van der Waals surface area (Å²) in [4.78, 5) is 25.2. The standard InChI is InChI=1S/C14H18O7Si/c1-17-9(15)13-7-11(13)5-19-22(3,4)20-6-12(11)8(21-7)14(12,13)10(16)18-2/h7-8H,5-6H2,1-4H3. The van der Waals surface area contributed by atoms with E-state index in [9.17, 15) is 9.59 Å². The Morgan fingerprint density at radius 2 is 1.36 bits per heavy atom. The maximum atomic E-state index is 12.6. The van der Waals surface area contributed by atoms with Crippen molar-refractivity contribution in [2.75, 3.05) is 27.4 Å². The fraction of sp³-hybridized carbons (Fsp3) is 0.857. The van der Waals surface area contributed by atoms with E-state index in [0.717, 1.165) is 0 Å². The number of carbonyl (C=O) groups excluding carboxylic acids is 2. The van der Waals surface area contributed by atoms with Gasteiger partial charge in [0.1, 0.15) is 10.8 Å². The predicted octanol–water partition coefficient (Wildman–Crippen LogP) is -0.165. The zero-order valence-electron chi connectivity index (χ0n) is 12.9. The van der Waals surface area contributed by atoms with Crippen molar-refractivity contribution in [1.82, 2.24) is 0 Å². The van der Waals surface area contributed by atoms with Gasteiger partial charge < -0.3 is 23.1 Å². The molecule has 0 aromatic heterocycles. The van der Waals surface area contributed by atoms with E-state index in [1.807, 2.05) is 13.1 Å². The summed E-state index contributed by atoms with van der Waals surface area (Å²) in [6, 6.07) is 0. The minimum Gasteiger partial charge on any atom is -0.468 e. The molecule has 6 unspecified atom stereocenters. The van der Waals surface area contributed by atoms with Crippen LogP contribution >= 0.6 is 0 Å². The number of esters is 2. The van der Waals surface area contributed by atoms with E-state index in [-0.39, 0.29) is 24.1 Å². The molecule has 3 aliphatic heterocycles. The number of carbonyl (C=O) groups is 2. The monoisotopic (exact) mass is 326 g/mol. The Morgan fingerprint density at radius 3 is 1.73 bits per heavy atom. The first-order chi connectivity index (χ1) is 10.3. The van der Waals surface area contributed by atoms with Crippen molar-refractivity contribution < 1.29 is 32.7 Å². The first-order valence-corrected chi connectivity index (χ1v) is 10.3. The van der Waals surface area contributed by atoms with Crippen LogP contribution in [0.15, 0.2) is 0 Å². The summed E-state index contributed by atoms with van der Waals surface area (Å²) in [6.07, 6.45) is -0.633. The molecule has 3 saturated carbocycles. The van der Waals surface area contributed by atoms with Crippen LogP contribution in [0.2, 0.25) is 13.1 Å². The lowest BCUT2D eigenvalue weighted by atomic mass is 9.57. The minimum atomic E-state index is -2.25. The van der Waals surface area contributed by atoms with Gasteiger partial charge in [-0.2, -0.15) is 0 Å². The number of ether oxygens (including phenoxy) is 3. The molecule has 0 aromatic carbocycles. The third-order valence-electron chi connectivity index (χ3n) is 6.92. The van der Waals surface area contributed by atoms with Gasteiger partial charge >= 0.3 is 20.5 Å². The summed E-state index contributed by atoms with van der Waals surface area (Å²) in [5.41, 5.74) is -2.84. The Morgan fingerprint density at radius 1 is 0.955 bits per heavy atom. The quantitative estimate of drug-likeness (QED) is 0.515. The largest absolute Gasteiger partial charge is 0.468 e. The first kappa shape index (κ1) is 13.5. The molecule has 0 amide bonds. The van der Waals surface area contributed by atoms with Crippen LogP contribution in [0.4, 0.5) is 0 Å². The van der Waals surface area contributed by atoms with Gasteiger partial charge in [0.05, 0.1) is 37.3 Å². The second-order valence-corrected chi connectivity index (χ2v) is 10.8. The highest BCUT2D eigenvalue weighted by Gasteiger charge is 3.25. The molecule has 6 rings (SSSR count). The average Bonchev–Trinajstić information content (AvgIpc) is 3.14. The highest BCUT2D eigenvalue weighted by Crippen LogP contribution is 3.10. The van der Waals surface area contributed by atoms with E-state index in [0.29, 0.717) is 13.2 Å². The number of hydrogen-bond donors (Lipinski definition) is 0. The molecular formula is C14H18O7Si. The molecule has 8 heteroatoms. The van der Waals surface area contributed by atoms with Gasteiger partial charge in [0.25, 0.3) is 0 Å². The van der Waals surface area contributed by atoms with E-state index < -0.39 is 30.2 Å². The SMILES string of the molecule is COC(=O)C12C3OC4C5(CO[Si](C)(C)OCC351)C42C(=O)OC. The summed E-state index contributed by atoms with van der Waals surface area (Å²) in [5.74, 6) is -0.771. The Bertz CT molecular complexity index is 597. The minimum absolute atomic E-state index is 0.317. The van der Waals surface area contributed by atoms with Crippen LogP contribution in [0.3, 0.4) is 0 Å². The van der Waals surface area contributed by atoms with E-state index >= 15 is 0 Å². The Hall–Kier alpha value is -0.963. The van der Waals surface area contributed by atoms with Gasteiger partial charge in [-0.05, 0) is 13.1 Å². The zero-order chi connectivity index (χ0) is 15.8. The highest BCUT2D eigenvalue weighted by atomic mass is 28.4. The third kappa shape index (κ3) is 0.781. The number of rotatable bonds is 2. The third-order valence-corrected chi connectivity index (χ3v) is 8.60. The topological polar surface area (TPSA) is 80.3 Å². The predicted molar refractivity (Wildman–Crippen MR) is 71.8 cm³/mol. The molecule has 6 atom stereocenters. The molecule has 22 heavy (non-hydrogen) atoms. The fourth-order valence-corrected chi connectivity index (χ4v) is 7.50. The smallest absolute Gasteiger partial charge is 0.331 e. The van der Waals surface area contributed by atoms with Crippen LogP contribution in [-0.4, -0.2) is 60.1 Å². The molecule has 6 fully saturated rings. The van der Waals surface area contributed by atoms with E-state index in [1.54, 1.807) is 0 Å². The highest BCUT2D eigenvalue weighted by molar-refractivity contribution is 6.64. The van der Waals surface area contributed by atoms with E-state index in [1.165, 1.54) is 14.2 Å². The summed E-state index contributed by atoms with van der Waals surface area (Å²) in [7, 11) is 0.446. The molecule has 3 aliphatic carbocycles. The van der Waals surface area contributed by atoms with Crippen LogP contribution in [-0.2, 0) is 32.7 Å². The van der Waals surface area contributed by atoms with Crippen LogP contribution in [0, 0.1) is 21.7 Å². The molecule has 0 N–H and O–H groups in total. The normalized spacial score (nSPS) is 57.6. The maximum absolute atomic E-state index is 12.6. The van der Waals surface area contributed by atoms with Gasteiger partial charge in [0.2, 0.25) is 0 Å². The summed E-state index contributed by atoms with van der Waals surface area (Å²) in [5, 5.41) is 0. The summed E-state index contributed by atoms with van der Waals surface area (Å²) >= 11 is 0. The van der Waals surface area contributed by atoms with Crippen molar-refractivity contribution in [3.8, 4) is 0 Å². The van der Waals surface area contributed by atoms with Crippen molar-refractivity contribution >= 4 is 20.5 Å². The lowest BCUT2D eigenvalue weighted by molar-refractivity contribution is -0.182. The average molecular weight is 326 g/mol. The molecule has 0 radical (unpaired) electrons. The second kappa shape index (κ2) is 3.15. The van der Waals surface area contributed by atoms with E-state index in [4.69, 9.17) is 23.1 Å². The molecule has 2 bridgehead atoms. The first-order valence-electron chi connectivity index (χ1n) is 7.45. The van der Waals surface area contributed by atoms with Crippen molar-refractivity contribution in [2.45, 2.75) is 25.3 Å². The van der Waals surface area contributed by atoms with Gasteiger partial charge in [-0.25, -0.2) is 0 Å². The van der Waals surface area contributed by atoms with Gasteiger partial charge in [0.15, 0.2) is 0 Å². The molecule has 0 aromatic rings. The van der Waals surface area contributed by atoms with Crippen LogP contribution in [0.1, 0.15) is 0 Å². The second-order valence-electron chi connectivity index (χ2n) is 7.42. The van der Waals surface area contributed by atoms with Gasteiger partial charge in [0, 0.05) is 13.2 Å². The van der Waals surface area contributed by atoms with Crippen LogP contribution in [0.5, 0.6) is 0 Å². The van der Waals surface area contributed by atoms with Gasteiger partial charge in [-0.1, -0.05) is 0 Å². The van der Waals surface area contributed by atoms with Gasteiger partial charge in [-0.15, -0.1) is 0 Å². The van der Waals surface area contributed by atoms with Crippen molar-refractivity contribution in [3.05, 3.63) is 0 Å². The Labute approximate surface area is 128 Å². The van der Waals surface area contributed by atoms with E-state index in [2.05, 4.69) is 0 Å². The lowest BCUT2D eigenvalue weighted by Crippen LogP contribution is -2.57. The molecule has 120 valence electrons. The molecule has 7 nitrogen and oxygen atoms in total.